The van der Waals surface area contributed by atoms with Gasteiger partial charge in [-0.05, 0) is 41.8 Å². The molecule has 4 aromatic rings. The van der Waals surface area contributed by atoms with Gasteiger partial charge in [-0.2, -0.15) is 0 Å². The maximum absolute atomic E-state index is 12.4. The van der Waals surface area contributed by atoms with E-state index in [1.807, 2.05) is 42.5 Å². The molecule has 0 atom stereocenters. The van der Waals surface area contributed by atoms with Crippen LogP contribution in [0.25, 0.3) is 0 Å². The number of hydrogen-bond acceptors (Lipinski definition) is 5. The molecule has 1 amide bonds. The Kier molecular flexibility index (Phi) is 6.87. The fourth-order valence-corrected chi connectivity index (χ4v) is 3.43. The van der Waals surface area contributed by atoms with Crippen molar-refractivity contribution in [2.24, 2.45) is 0 Å². The second-order valence-electron chi connectivity index (χ2n) is 7.35. The van der Waals surface area contributed by atoms with Crippen molar-refractivity contribution >= 4 is 5.91 Å². The minimum Gasteiger partial charge on any atom is -0.497 e. The van der Waals surface area contributed by atoms with Crippen LogP contribution in [0.15, 0.2) is 79.0 Å². The summed E-state index contributed by atoms with van der Waals surface area (Å²) in [4.78, 5) is 16.5. The van der Waals surface area contributed by atoms with Crippen molar-refractivity contribution in [2.45, 2.75) is 25.9 Å². The van der Waals surface area contributed by atoms with E-state index in [4.69, 9.17) is 4.74 Å². The van der Waals surface area contributed by atoms with Gasteiger partial charge in [-0.25, -0.2) is 0 Å². The van der Waals surface area contributed by atoms with Crippen LogP contribution in [0.1, 0.15) is 33.3 Å². The molecule has 2 aromatic heterocycles. The lowest BCUT2D eigenvalue weighted by molar-refractivity contribution is 0.0944. The number of carbonyl (C=O) groups is 1. The minimum absolute atomic E-state index is 0.240. The molecule has 0 bridgehead atoms. The van der Waals surface area contributed by atoms with E-state index in [0.717, 1.165) is 30.0 Å². The molecule has 2 aromatic carbocycles. The first kappa shape index (κ1) is 21.2. The Hall–Kier alpha value is -4.00. The third-order valence-corrected chi connectivity index (χ3v) is 5.19. The number of pyridine rings is 1. The molecule has 0 saturated carbocycles. The van der Waals surface area contributed by atoms with Gasteiger partial charge in [0.1, 0.15) is 17.3 Å². The highest BCUT2D eigenvalue weighted by molar-refractivity contribution is 5.92. The quantitative estimate of drug-likeness (QED) is 0.442. The van der Waals surface area contributed by atoms with Crippen molar-refractivity contribution in [1.82, 2.24) is 25.1 Å². The molecular formula is C25H25N5O2. The topological polar surface area (TPSA) is 81.9 Å². The van der Waals surface area contributed by atoms with Gasteiger partial charge in [-0.15, -0.1) is 10.2 Å². The zero-order chi connectivity index (χ0) is 22.2. The summed E-state index contributed by atoms with van der Waals surface area (Å²) in [5, 5.41) is 11.7. The Morgan fingerprint density at radius 2 is 1.62 bits per heavy atom. The molecule has 1 N–H and O–H groups in total. The van der Waals surface area contributed by atoms with Gasteiger partial charge < -0.3 is 14.6 Å². The van der Waals surface area contributed by atoms with Gasteiger partial charge in [0.05, 0.1) is 20.2 Å². The number of amides is 1. The van der Waals surface area contributed by atoms with Crippen LogP contribution in [0, 0.1) is 0 Å². The van der Waals surface area contributed by atoms with Gasteiger partial charge >= 0.3 is 0 Å². The standard InChI is InChI=1S/C25H25N5O2/c1-32-21-13-10-20(11-14-21)18-30-23(15-12-19-7-3-2-4-8-19)28-29-24(30)17-27-25(31)22-9-5-6-16-26-22/h2-11,13-14,16H,12,15,17-18H2,1H3,(H,27,31). The van der Waals surface area contributed by atoms with E-state index in [9.17, 15) is 4.79 Å². The molecule has 2 heterocycles. The molecule has 0 unspecified atom stereocenters. The normalized spacial score (nSPS) is 10.7. The van der Waals surface area contributed by atoms with Crippen LogP contribution in [0.4, 0.5) is 0 Å². The number of ether oxygens (including phenoxy) is 1. The molecule has 0 saturated heterocycles. The second-order valence-corrected chi connectivity index (χ2v) is 7.35. The number of aromatic nitrogens is 4. The second kappa shape index (κ2) is 10.3. The summed E-state index contributed by atoms with van der Waals surface area (Å²) in [6, 6.07) is 23.5. The Bertz CT molecular complexity index is 1140. The average Bonchev–Trinajstić information content (AvgIpc) is 3.24. The molecule has 7 nitrogen and oxygen atoms in total. The van der Waals surface area contributed by atoms with Gasteiger partial charge in [0.25, 0.3) is 5.91 Å². The van der Waals surface area contributed by atoms with Gasteiger partial charge in [0.15, 0.2) is 5.82 Å². The van der Waals surface area contributed by atoms with E-state index in [1.165, 1.54) is 5.56 Å². The third kappa shape index (κ3) is 5.37. The van der Waals surface area contributed by atoms with Crippen molar-refractivity contribution in [3.63, 3.8) is 0 Å². The van der Waals surface area contributed by atoms with Gasteiger partial charge in [-0.3, -0.25) is 9.78 Å². The molecule has 0 aliphatic carbocycles. The van der Waals surface area contributed by atoms with Crippen LogP contribution in [-0.2, 0) is 25.9 Å². The number of nitrogens with one attached hydrogen (secondary N) is 1. The highest BCUT2D eigenvalue weighted by Gasteiger charge is 2.15. The van der Waals surface area contributed by atoms with Crippen molar-refractivity contribution in [3.05, 3.63) is 107 Å². The first-order valence-electron chi connectivity index (χ1n) is 10.5. The summed E-state index contributed by atoms with van der Waals surface area (Å²) in [7, 11) is 1.65. The highest BCUT2D eigenvalue weighted by Crippen LogP contribution is 2.15. The molecule has 0 fully saturated rings. The summed E-state index contributed by atoms with van der Waals surface area (Å²) >= 11 is 0. The summed E-state index contributed by atoms with van der Waals surface area (Å²) < 4.78 is 7.33. The molecule has 0 radical (unpaired) electrons. The van der Waals surface area contributed by atoms with Crippen LogP contribution in [-0.4, -0.2) is 32.8 Å². The van der Waals surface area contributed by atoms with E-state index in [1.54, 1.807) is 31.5 Å². The first-order valence-corrected chi connectivity index (χ1v) is 10.5. The summed E-state index contributed by atoms with van der Waals surface area (Å²) in [6.07, 6.45) is 3.21. The summed E-state index contributed by atoms with van der Waals surface area (Å²) in [5.74, 6) is 2.15. The Labute approximate surface area is 187 Å². The molecule has 4 rings (SSSR count). The van der Waals surface area contributed by atoms with Crippen LogP contribution >= 0.6 is 0 Å². The molecule has 7 heteroatoms. The fraction of sp³-hybridized carbons (Fsp3) is 0.200. The van der Waals surface area contributed by atoms with E-state index in [2.05, 4.69) is 37.2 Å². The van der Waals surface area contributed by atoms with Gasteiger partial charge in [0, 0.05) is 12.6 Å². The van der Waals surface area contributed by atoms with Crippen molar-refractivity contribution in [3.8, 4) is 5.75 Å². The summed E-state index contributed by atoms with van der Waals surface area (Å²) in [5.41, 5.74) is 2.72. The molecule has 0 aliphatic rings. The zero-order valence-corrected chi connectivity index (χ0v) is 17.9. The van der Waals surface area contributed by atoms with Crippen molar-refractivity contribution < 1.29 is 9.53 Å². The Morgan fingerprint density at radius 1 is 0.875 bits per heavy atom. The maximum Gasteiger partial charge on any atom is 0.270 e. The lowest BCUT2D eigenvalue weighted by atomic mass is 10.1. The molecule has 0 aliphatic heterocycles. The Balaban J connectivity index is 1.52. The van der Waals surface area contributed by atoms with Crippen LogP contribution < -0.4 is 10.1 Å². The third-order valence-electron chi connectivity index (χ3n) is 5.19. The van der Waals surface area contributed by atoms with E-state index >= 15 is 0 Å². The van der Waals surface area contributed by atoms with Crippen molar-refractivity contribution in [2.75, 3.05) is 7.11 Å². The molecule has 32 heavy (non-hydrogen) atoms. The molecular weight excluding hydrogens is 402 g/mol. The number of methoxy groups -OCH3 is 1. The predicted molar refractivity (Wildman–Crippen MR) is 121 cm³/mol. The largest absolute Gasteiger partial charge is 0.497 e. The lowest BCUT2D eigenvalue weighted by Crippen LogP contribution is -2.26. The minimum atomic E-state index is -0.240. The number of nitrogens with zero attached hydrogens (tertiary/aromatic N) is 4. The van der Waals surface area contributed by atoms with E-state index in [0.29, 0.717) is 18.1 Å². The highest BCUT2D eigenvalue weighted by atomic mass is 16.5. The average molecular weight is 428 g/mol. The molecule has 162 valence electrons. The van der Waals surface area contributed by atoms with Gasteiger partial charge in [0.2, 0.25) is 0 Å². The van der Waals surface area contributed by atoms with Gasteiger partial charge in [-0.1, -0.05) is 48.5 Å². The first-order chi connectivity index (χ1) is 15.7. The fourth-order valence-electron chi connectivity index (χ4n) is 3.43. The zero-order valence-electron chi connectivity index (χ0n) is 17.9. The van der Waals surface area contributed by atoms with Crippen LogP contribution in [0.3, 0.4) is 0 Å². The number of hydrogen-bond donors (Lipinski definition) is 1. The molecule has 0 spiro atoms. The predicted octanol–water partition coefficient (Wildman–Crippen LogP) is 3.45. The van der Waals surface area contributed by atoms with Crippen LogP contribution in [0.2, 0.25) is 0 Å². The Morgan fingerprint density at radius 3 is 2.34 bits per heavy atom. The van der Waals surface area contributed by atoms with Crippen LogP contribution in [0.5, 0.6) is 5.75 Å². The van der Waals surface area contributed by atoms with Crippen molar-refractivity contribution in [1.29, 1.82) is 0 Å². The van der Waals surface area contributed by atoms with E-state index < -0.39 is 0 Å². The lowest BCUT2D eigenvalue weighted by Gasteiger charge is -2.12. The van der Waals surface area contributed by atoms with E-state index in [-0.39, 0.29) is 12.5 Å². The summed E-state index contributed by atoms with van der Waals surface area (Å²) in [6.45, 7) is 0.875. The smallest absolute Gasteiger partial charge is 0.270 e. The monoisotopic (exact) mass is 427 g/mol. The number of rotatable bonds is 9. The number of aryl methyl sites for hydroxylation is 2. The number of benzene rings is 2. The SMILES string of the molecule is COc1ccc(Cn2c(CCc3ccccc3)nnc2CNC(=O)c2ccccn2)cc1. The number of carbonyl (C=O) groups excluding carboxylic acids is 1. The maximum atomic E-state index is 12.4.